The molecule has 0 fully saturated rings. The number of fused-ring (bicyclic) bond motifs is 1. The first-order valence-corrected chi connectivity index (χ1v) is 7.12. The molecule has 0 unspecified atom stereocenters. The van der Waals surface area contributed by atoms with E-state index >= 15 is 0 Å². The number of aromatic amines is 1. The van der Waals surface area contributed by atoms with Gasteiger partial charge in [-0.15, -0.1) is 0 Å². The molecule has 7 heteroatoms. The molecule has 2 N–H and O–H groups in total. The Morgan fingerprint density at radius 2 is 1.95 bits per heavy atom. The van der Waals surface area contributed by atoms with Crippen LogP contribution in [-0.2, 0) is 0 Å². The highest BCUT2D eigenvalue weighted by Gasteiger charge is 2.08. The summed E-state index contributed by atoms with van der Waals surface area (Å²) in [5.41, 5.74) is 0.889. The summed E-state index contributed by atoms with van der Waals surface area (Å²) in [6.07, 6.45) is 0. The Balaban J connectivity index is 2.12. The van der Waals surface area contributed by atoms with E-state index in [9.17, 15) is 4.79 Å². The number of nitrogens with one attached hydrogen (secondary N) is 2. The number of methoxy groups -OCH3 is 1. The van der Waals surface area contributed by atoms with Crippen LogP contribution in [0.1, 0.15) is 0 Å². The van der Waals surface area contributed by atoms with E-state index in [2.05, 4.69) is 15.3 Å². The molecule has 1 heterocycles. The molecule has 3 aromatic rings. The average Bonchev–Trinajstić information content (AvgIpc) is 2.50. The molecule has 0 aliphatic heterocycles. The van der Waals surface area contributed by atoms with Gasteiger partial charge in [0.1, 0.15) is 11.6 Å². The summed E-state index contributed by atoms with van der Waals surface area (Å²) in [5.74, 6) is 1.08. The number of nitrogens with zero attached hydrogens (tertiary/aromatic N) is 1. The lowest BCUT2D eigenvalue weighted by Crippen LogP contribution is -2.12. The summed E-state index contributed by atoms with van der Waals surface area (Å²) in [6, 6.07) is 10.4. The molecule has 0 aliphatic carbocycles. The third kappa shape index (κ3) is 2.86. The van der Waals surface area contributed by atoms with Gasteiger partial charge in [-0.1, -0.05) is 23.2 Å². The normalized spacial score (nSPS) is 10.7. The number of H-pyrrole nitrogens is 1. The molecule has 0 bridgehead atoms. The van der Waals surface area contributed by atoms with Crippen molar-refractivity contribution in [2.75, 3.05) is 12.4 Å². The summed E-state index contributed by atoms with van der Waals surface area (Å²) >= 11 is 11.9. The molecule has 3 rings (SSSR count). The third-order valence-corrected chi connectivity index (χ3v) is 3.86. The van der Waals surface area contributed by atoms with E-state index in [0.717, 1.165) is 5.39 Å². The maximum absolute atomic E-state index is 11.7. The summed E-state index contributed by atoms with van der Waals surface area (Å²) in [4.78, 5) is 18.3. The Hall–Kier alpha value is -2.24. The van der Waals surface area contributed by atoms with E-state index in [1.165, 1.54) is 0 Å². The molecule has 112 valence electrons. The van der Waals surface area contributed by atoms with Crippen molar-refractivity contribution in [3.05, 3.63) is 56.9 Å². The van der Waals surface area contributed by atoms with Crippen molar-refractivity contribution in [1.29, 1.82) is 0 Å². The van der Waals surface area contributed by atoms with Crippen molar-refractivity contribution in [2.45, 2.75) is 0 Å². The van der Waals surface area contributed by atoms with E-state index in [0.29, 0.717) is 32.8 Å². The second-order valence-electron chi connectivity index (χ2n) is 4.56. The number of benzene rings is 2. The van der Waals surface area contributed by atoms with Gasteiger partial charge in [0.25, 0.3) is 0 Å². The Labute approximate surface area is 135 Å². The van der Waals surface area contributed by atoms with E-state index in [1.54, 1.807) is 43.5 Å². The number of rotatable bonds is 3. The number of ether oxygens (including phenoxy) is 1. The lowest BCUT2D eigenvalue weighted by atomic mass is 10.2. The predicted molar refractivity (Wildman–Crippen MR) is 88.7 cm³/mol. The lowest BCUT2D eigenvalue weighted by Gasteiger charge is -2.10. The van der Waals surface area contributed by atoms with Crippen molar-refractivity contribution in [1.82, 2.24) is 9.97 Å². The Morgan fingerprint density at radius 1 is 1.14 bits per heavy atom. The maximum atomic E-state index is 11.7. The summed E-state index contributed by atoms with van der Waals surface area (Å²) in [7, 11) is 1.58. The summed E-state index contributed by atoms with van der Waals surface area (Å²) < 4.78 is 5.21. The fraction of sp³-hybridized carbons (Fsp3) is 0.0667. The topological polar surface area (TPSA) is 67.0 Å². The molecular weight excluding hydrogens is 325 g/mol. The number of aromatic nitrogens is 2. The van der Waals surface area contributed by atoms with Crippen LogP contribution < -0.4 is 15.7 Å². The highest BCUT2D eigenvalue weighted by Crippen LogP contribution is 2.29. The number of anilines is 2. The van der Waals surface area contributed by atoms with Gasteiger partial charge in [-0.25, -0.2) is 4.79 Å². The number of halogens is 2. The standard InChI is InChI=1S/C15H11Cl2N3O2/c1-22-9-3-5-13-10(7-9)14(20-15(21)19-13)18-8-2-4-11(16)12(17)6-8/h2-7H,1H3,(H2,18,19,20,21). The number of hydrogen-bond donors (Lipinski definition) is 2. The quantitative estimate of drug-likeness (QED) is 0.759. The molecule has 0 saturated heterocycles. The second-order valence-corrected chi connectivity index (χ2v) is 5.37. The zero-order chi connectivity index (χ0) is 15.7. The van der Waals surface area contributed by atoms with Crippen LogP contribution in [0.5, 0.6) is 5.75 Å². The first kappa shape index (κ1) is 14.7. The monoisotopic (exact) mass is 335 g/mol. The Morgan fingerprint density at radius 3 is 2.68 bits per heavy atom. The van der Waals surface area contributed by atoms with Crippen molar-refractivity contribution in [2.24, 2.45) is 0 Å². The molecule has 0 amide bonds. The Bertz CT molecular complexity index is 909. The van der Waals surface area contributed by atoms with E-state index in [1.807, 2.05) is 0 Å². The van der Waals surface area contributed by atoms with Crippen molar-refractivity contribution in [3.63, 3.8) is 0 Å². The van der Waals surface area contributed by atoms with Gasteiger partial charge in [-0.2, -0.15) is 4.98 Å². The van der Waals surface area contributed by atoms with E-state index in [-0.39, 0.29) is 0 Å². The molecule has 2 aromatic carbocycles. The molecule has 1 aromatic heterocycles. The SMILES string of the molecule is COc1ccc2[nH]c(=O)nc(Nc3ccc(Cl)c(Cl)c3)c2c1. The van der Waals surface area contributed by atoms with Crippen LogP contribution in [0.2, 0.25) is 10.0 Å². The smallest absolute Gasteiger partial charge is 0.347 e. The number of hydrogen-bond acceptors (Lipinski definition) is 4. The van der Waals surface area contributed by atoms with Gasteiger partial charge >= 0.3 is 5.69 Å². The van der Waals surface area contributed by atoms with Crippen molar-refractivity contribution >= 4 is 45.6 Å². The van der Waals surface area contributed by atoms with E-state index in [4.69, 9.17) is 27.9 Å². The molecule has 5 nitrogen and oxygen atoms in total. The molecular formula is C15H11Cl2N3O2. The van der Waals surface area contributed by atoms with E-state index < -0.39 is 5.69 Å². The van der Waals surface area contributed by atoms with Gasteiger partial charge in [-0.3, -0.25) is 0 Å². The fourth-order valence-electron chi connectivity index (χ4n) is 2.07. The molecule has 0 radical (unpaired) electrons. The minimum atomic E-state index is -0.444. The minimum absolute atomic E-state index is 0.413. The van der Waals surface area contributed by atoms with Gasteiger partial charge in [0.2, 0.25) is 0 Å². The Kier molecular flexibility index (Phi) is 3.92. The van der Waals surface area contributed by atoms with Crippen LogP contribution in [0.15, 0.2) is 41.2 Å². The zero-order valence-corrected chi connectivity index (χ0v) is 13.0. The third-order valence-electron chi connectivity index (χ3n) is 3.12. The van der Waals surface area contributed by atoms with Crippen molar-refractivity contribution < 1.29 is 4.74 Å². The van der Waals surface area contributed by atoms with Crippen molar-refractivity contribution in [3.8, 4) is 5.75 Å². The molecule has 0 atom stereocenters. The fourth-order valence-corrected chi connectivity index (χ4v) is 2.36. The molecule has 0 spiro atoms. The first-order valence-electron chi connectivity index (χ1n) is 6.37. The molecule has 0 saturated carbocycles. The van der Waals surface area contributed by atoms with Crippen LogP contribution in [0.3, 0.4) is 0 Å². The van der Waals surface area contributed by atoms with Crippen LogP contribution in [0.4, 0.5) is 11.5 Å². The second kappa shape index (κ2) is 5.87. The van der Waals surface area contributed by atoms with Crippen LogP contribution in [0, 0.1) is 0 Å². The van der Waals surface area contributed by atoms with Crippen LogP contribution in [0.25, 0.3) is 10.9 Å². The van der Waals surface area contributed by atoms with Gasteiger partial charge in [0.15, 0.2) is 0 Å². The van der Waals surface area contributed by atoms with Crippen LogP contribution in [-0.4, -0.2) is 17.1 Å². The molecule has 22 heavy (non-hydrogen) atoms. The van der Waals surface area contributed by atoms with Crippen LogP contribution >= 0.6 is 23.2 Å². The lowest BCUT2D eigenvalue weighted by molar-refractivity contribution is 0.415. The minimum Gasteiger partial charge on any atom is -0.497 e. The molecule has 0 aliphatic rings. The van der Waals surface area contributed by atoms with Gasteiger partial charge < -0.3 is 15.0 Å². The predicted octanol–water partition coefficient (Wildman–Crippen LogP) is 3.98. The zero-order valence-electron chi connectivity index (χ0n) is 11.5. The largest absolute Gasteiger partial charge is 0.497 e. The average molecular weight is 336 g/mol. The first-order chi connectivity index (χ1) is 10.6. The van der Waals surface area contributed by atoms with Gasteiger partial charge in [0, 0.05) is 11.1 Å². The highest BCUT2D eigenvalue weighted by molar-refractivity contribution is 6.42. The summed E-state index contributed by atoms with van der Waals surface area (Å²) in [6.45, 7) is 0. The van der Waals surface area contributed by atoms with Gasteiger partial charge in [-0.05, 0) is 36.4 Å². The summed E-state index contributed by atoms with van der Waals surface area (Å²) in [5, 5.41) is 4.68. The highest BCUT2D eigenvalue weighted by atomic mass is 35.5. The maximum Gasteiger partial charge on any atom is 0.347 e. The van der Waals surface area contributed by atoms with Gasteiger partial charge in [0.05, 0.1) is 22.7 Å².